The molecule has 0 unspecified atom stereocenters. The summed E-state index contributed by atoms with van der Waals surface area (Å²) in [4.78, 5) is 21.1. The van der Waals surface area contributed by atoms with E-state index in [2.05, 4.69) is 0 Å². The smallest absolute Gasteiger partial charge is 0.308 e. The zero-order valence-corrected chi connectivity index (χ0v) is 10.3. The Morgan fingerprint density at radius 1 is 0.833 bits per heavy atom. The fraction of sp³-hybridized carbons (Fsp3) is 0.200. The predicted molar refractivity (Wildman–Crippen MR) is 62.5 cm³/mol. The molecular weight excluding hydrogens is 287 g/mol. The Hall–Kier alpha value is -1.66. The SMILES string of the molecule is O=C(O)Cc1c(O)c(Cl)c(CC(=O)O)c(O)c1Cl. The second kappa shape index (κ2) is 5.32. The first-order chi connectivity index (χ1) is 8.25. The van der Waals surface area contributed by atoms with Crippen molar-refractivity contribution in [1.29, 1.82) is 0 Å². The van der Waals surface area contributed by atoms with Crippen LogP contribution in [0.2, 0.25) is 10.0 Å². The van der Waals surface area contributed by atoms with E-state index < -0.39 is 46.3 Å². The summed E-state index contributed by atoms with van der Waals surface area (Å²) in [6, 6.07) is 0. The molecule has 6 nitrogen and oxygen atoms in total. The van der Waals surface area contributed by atoms with E-state index in [9.17, 15) is 19.8 Å². The average molecular weight is 295 g/mol. The number of rotatable bonds is 4. The zero-order valence-electron chi connectivity index (χ0n) is 8.78. The van der Waals surface area contributed by atoms with Gasteiger partial charge in [-0.05, 0) is 0 Å². The summed E-state index contributed by atoms with van der Waals surface area (Å²) in [5.41, 5.74) is -0.526. The van der Waals surface area contributed by atoms with Gasteiger partial charge in [0.15, 0.2) is 0 Å². The number of aliphatic carboxylic acids is 2. The number of phenols is 2. The van der Waals surface area contributed by atoms with Gasteiger partial charge in [0.05, 0.1) is 22.9 Å². The molecule has 4 N–H and O–H groups in total. The molecule has 1 aromatic carbocycles. The fourth-order valence-electron chi connectivity index (χ4n) is 1.38. The molecular formula is C10H8Cl2O6. The summed E-state index contributed by atoms with van der Waals surface area (Å²) in [6.45, 7) is 0. The van der Waals surface area contributed by atoms with E-state index in [0.717, 1.165) is 0 Å². The van der Waals surface area contributed by atoms with Crippen molar-refractivity contribution >= 4 is 35.1 Å². The summed E-state index contributed by atoms with van der Waals surface area (Å²) in [5.74, 6) is -3.85. The molecule has 0 aliphatic carbocycles. The summed E-state index contributed by atoms with van der Waals surface area (Å²) in [6.07, 6.45) is -1.30. The Bertz CT molecular complexity index is 450. The minimum atomic E-state index is -1.28. The van der Waals surface area contributed by atoms with E-state index in [4.69, 9.17) is 33.4 Å². The maximum absolute atomic E-state index is 10.6. The zero-order chi connectivity index (χ0) is 14.0. The van der Waals surface area contributed by atoms with Crippen LogP contribution in [0, 0.1) is 0 Å². The third-order valence-corrected chi connectivity index (χ3v) is 2.99. The minimum absolute atomic E-state index is 0.263. The van der Waals surface area contributed by atoms with Gasteiger partial charge < -0.3 is 20.4 Å². The molecule has 0 amide bonds. The van der Waals surface area contributed by atoms with Gasteiger partial charge in [-0.2, -0.15) is 0 Å². The lowest BCUT2D eigenvalue weighted by atomic mass is 10.0. The molecule has 98 valence electrons. The number of phenolic OH excluding ortho intramolecular Hbond substituents is 2. The number of hydrogen-bond donors (Lipinski definition) is 4. The van der Waals surface area contributed by atoms with Crippen LogP contribution in [0.3, 0.4) is 0 Å². The third-order valence-electron chi connectivity index (χ3n) is 2.17. The highest BCUT2D eigenvalue weighted by atomic mass is 35.5. The lowest BCUT2D eigenvalue weighted by Gasteiger charge is -2.13. The van der Waals surface area contributed by atoms with Gasteiger partial charge >= 0.3 is 11.9 Å². The molecule has 0 aromatic heterocycles. The van der Waals surface area contributed by atoms with E-state index in [0.29, 0.717) is 0 Å². The van der Waals surface area contributed by atoms with Gasteiger partial charge in [0.1, 0.15) is 11.5 Å². The summed E-state index contributed by atoms with van der Waals surface area (Å²) in [5, 5.41) is 35.7. The first-order valence-electron chi connectivity index (χ1n) is 4.59. The van der Waals surface area contributed by atoms with Crippen LogP contribution < -0.4 is 0 Å². The number of halogens is 2. The summed E-state index contributed by atoms with van der Waals surface area (Å²) < 4.78 is 0. The summed E-state index contributed by atoms with van der Waals surface area (Å²) >= 11 is 11.4. The van der Waals surface area contributed by atoms with Crippen LogP contribution in [0.15, 0.2) is 0 Å². The molecule has 0 fully saturated rings. The Morgan fingerprint density at radius 2 is 1.11 bits per heavy atom. The number of hydrogen-bond acceptors (Lipinski definition) is 4. The largest absolute Gasteiger partial charge is 0.506 e. The van der Waals surface area contributed by atoms with Crippen molar-refractivity contribution in [2.75, 3.05) is 0 Å². The van der Waals surface area contributed by atoms with Gasteiger partial charge in [0, 0.05) is 11.1 Å². The van der Waals surface area contributed by atoms with E-state index in [1.807, 2.05) is 0 Å². The van der Waals surface area contributed by atoms with Crippen LogP contribution in [-0.2, 0) is 22.4 Å². The van der Waals surface area contributed by atoms with Crippen molar-refractivity contribution < 1.29 is 30.0 Å². The number of carbonyl (C=O) groups is 2. The van der Waals surface area contributed by atoms with Crippen molar-refractivity contribution in [2.45, 2.75) is 12.8 Å². The maximum atomic E-state index is 10.6. The Balaban J connectivity index is 3.44. The van der Waals surface area contributed by atoms with Crippen LogP contribution in [0.4, 0.5) is 0 Å². The van der Waals surface area contributed by atoms with Gasteiger partial charge in [-0.25, -0.2) is 0 Å². The van der Waals surface area contributed by atoms with Gasteiger partial charge in [-0.1, -0.05) is 23.2 Å². The van der Waals surface area contributed by atoms with Crippen molar-refractivity contribution in [1.82, 2.24) is 0 Å². The molecule has 0 radical (unpaired) electrons. The van der Waals surface area contributed by atoms with E-state index >= 15 is 0 Å². The molecule has 0 heterocycles. The minimum Gasteiger partial charge on any atom is -0.506 e. The Morgan fingerprint density at radius 3 is 1.33 bits per heavy atom. The van der Waals surface area contributed by atoms with E-state index in [1.165, 1.54) is 0 Å². The number of benzene rings is 1. The third kappa shape index (κ3) is 2.77. The molecule has 1 aromatic rings. The summed E-state index contributed by atoms with van der Waals surface area (Å²) in [7, 11) is 0. The Kier molecular flexibility index (Phi) is 4.26. The standard InChI is InChI=1S/C10H8Cl2O6/c11-7-3(1-5(13)14)9(17)8(12)4(10(7)18)2-6(15)16/h17-18H,1-2H2,(H,13,14)(H,15,16). The second-order valence-corrected chi connectivity index (χ2v) is 4.18. The van der Waals surface area contributed by atoms with E-state index in [-0.39, 0.29) is 11.1 Å². The first-order valence-corrected chi connectivity index (χ1v) is 5.35. The van der Waals surface area contributed by atoms with Crippen molar-refractivity contribution in [3.8, 4) is 11.5 Å². The highest BCUT2D eigenvalue weighted by molar-refractivity contribution is 6.37. The van der Waals surface area contributed by atoms with Gasteiger partial charge in [0.25, 0.3) is 0 Å². The topological polar surface area (TPSA) is 115 Å². The molecule has 0 saturated carbocycles. The monoisotopic (exact) mass is 294 g/mol. The molecule has 0 bridgehead atoms. The lowest BCUT2D eigenvalue weighted by Crippen LogP contribution is -2.06. The molecule has 0 saturated heterocycles. The van der Waals surface area contributed by atoms with Gasteiger partial charge in [-0.3, -0.25) is 9.59 Å². The van der Waals surface area contributed by atoms with Crippen LogP contribution in [0.1, 0.15) is 11.1 Å². The van der Waals surface area contributed by atoms with Crippen LogP contribution >= 0.6 is 23.2 Å². The Labute approximate surface area is 111 Å². The molecule has 18 heavy (non-hydrogen) atoms. The molecule has 8 heteroatoms. The molecule has 1 rings (SSSR count). The first kappa shape index (κ1) is 14.4. The highest BCUT2D eigenvalue weighted by Crippen LogP contribution is 2.44. The van der Waals surface area contributed by atoms with E-state index in [1.54, 1.807) is 0 Å². The maximum Gasteiger partial charge on any atom is 0.308 e. The number of carboxylic acid groups (broad SMARTS) is 2. The average Bonchev–Trinajstić information content (AvgIpc) is 2.27. The number of aromatic hydroxyl groups is 2. The van der Waals surface area contributed by atoms with Gasteiger partial charge in [0.2, 0.25) is 0 Å². The normalized spacial score (nSPS) is 10.3. The van der Waals surface area contributed by atoms with Crippen LogP contribution in [0.5, 0.6) is 11.5 Å². The molecule has 0 aliphatic heterocycles. The molecule has 0 atom stereocenters. The lowest BCUT2D eigenvalue weighted by molar-refractivity contribution is -0.137. The van der Waals surface area contributed by atoms with Crippen molar-refractivity contribution in [3.05, 3.63) is 21.2 Å². The van der Waals surface area contributed by atoms with Crippen LogP contribution in [0.25, 0.3) is 0 Å². The van der Waals surface area contributed by atoms with Crippen LogP contribution in [-0.4, -0.2) is 32.4 Å². The fourth-order valence-corrected chi connectivity index (χ4v) is 1.92. The highest BCUT2D eigenvalue weighted by Gasteiger charge is 2.24. The predicted octanol–water partition coefficient (Wildman–Crippen LogP) is 1.66. The van der Waals surface area contributed by atoms with Crippen molar-refractivity contribution in [3.63, 3.8) is 0 Å². The van der Waals surface area contributed by atoms with Gasteiger partial charge in [-0.15, -0.1) is 0 Å². The molecule has 0 aliphatic rings. The quantitative estimate of drug-likeness (QED) is 0.628. The molecule has 0 spiro atoms. The second-order valence-electron chi connectivity index (χ2n) is 3.42. The number of carboxylic acids is 2. The van der Waals surface area contributed by atoms with Crippen molar-refractivity contribution in [2.24, 2.45) is 0 Å².